The number of nitrogens with zero attached hydrogens (tertiary/aromatic N) is 2. The van der Waals surface area contributed by atoms with E-state index in [1.165, 1.54) is 24.2 Å². The highest BCUT2D eigenvalue weighted by Gasteiger charge is 2.24. The molecule has 1 aromatic rings. The van der Waals surface area contributed by atoms with E-state index >= 15 is 0 Å². The summed E-state index contributed by atoms with van der Waals surface area (Å²) in [4.78, 5) is 1.84. The average Bonchev–Trinajstić information content (AvgIpc) is 2.63. The summed E-state index contributed by atoms with van der Waals surface area (Å²) in [5, 5.41) is 10.0. The monoisotopic (exact) mass is 204 g/mol. The Balaban J connectivity index is 2.14. The van der Waals surface area contributed by atoms with Gasteiger partial charge in [-0.15, -0.1) is 0 Å². The zero-order valence-corrected chi connectivity index (χ0v) is 8.98. The molecule has 0 spiro atoms. The van der Waals surface area contributed by atoms with Crippen LogP contribution >= 0.6 is 0 Å². The van der Waals surface area contributed by atoms with Gasteiger partial charge in [0.25, 0.3) is 0 Å². The van der Waals surface area contributed by atoms with Gasteiger partial charge in [0, 0.05) is 31.0 Å². The number of aryl methyl sites for hydroxylation is 1. The van der Waals surface area contributed by atoms with Crippen molar-refractivity contribution in [3.05, 3.63) is 29.2 Å². The van der Waals surface area contributed by atoms with E-state index in [4.69, 9.17) is 0 Å². The van der Waals surface area contributed by atoms with Gasteiger partial charge < -0.3 is 14.6 Å². The third-order valence-electron chi connectivity index (χ3n) is 3.45. The van der Waals surface area contributed by atoms with Crippen LogP contribution in [0.25, 0.3) is 6.08 Å². The fourth-order valence-corrected chi connectivity index (χ4v) is 2.57. The van der Waals surface area contributed by atoms with Crippen molar-refractivity contribution in [2.45, 2.75) is 32.0 Å². The molecule has 2 aliphatic heterocycles. The first-order chi connectivity index (χ1) is 7.27. The van der Waals surface area contributed by atoms with Gasteiger partial charge in [0.05, 0.1) is 5.69 Å². The molecular weight excluding hydrogens is 188 g/mol. The van der Waals surface area contributed by atoms with Crippen LogP contribution in [0.15, 0.2) is 12.3 Å². The molecule has 0 saturated heterocycles. The van der Waals surface area contributed by atoms with Crippen molar-refractivity contribution < 1.29 is 5.11 Å². The molecule has 3 heteroatoms. The molecule has 1 unspecified atom stereocenters. The maximum atomic E-state index is 10.0. The first-order valence-corrected chi connectivity index (χ1v) is 5.58. The van der Waals surface area contributed by atoms with E-state index < -0.39 is 6.23 Å². The summed E-state index contributed by atoms with van der Waals surface area (Å²) in [5.74, 6) is 0. The number of rotatable bonds is 0. The van der Waals surface area contributed by atoms with E-state index in [0.717, 1.165) is 18.5 Å². The highest BCUT2D eigenvalue weighted by atomic mass is 16.3. The van der Waals surface area contributed by atoms with Crippen LogP contribution in [-0.2, 0) is 13.0 Å². The maximum Gasteiger partial charge on any atom is 0.154 e. The van der Waals surface area contributed by atoms with Gasteiger partial charge in [0.1, 0.15) is 0 Å². The Hall–Kier alpha value is -1.22. The van der Waals surface area contributed by atoms with Crippen molar-refractivity contribution >= 4 is 6.08 Å². The Labute approximate surface area is 89.6 Å². The maximum absolute atomic E-state index is 10.0. The van der Waals surface area contributed by atoms with Gasteiger partial charge in [0.2, 0.25) is 0 Å². The van der Waals surface area contributed by atoms with Crippen LogP contribution in [0.5, 0.6) is 0 Å². The summed E-state index contributed by atoms with van der Waals surface area (Å²) in [7, 11) is 1.90. The predicted molar refractivity (Wildman–Crippen MR) is 59.1 cm³/mol. The molecule has 2 aliphatic rings. The minimum atomic E-state index is -0.469. The Kier molecular flexibility index (Phi) is 1.89. The van der Waals surface area contributed by atoms with Crippen LogP contribution in [0.4, 0.5) is 0 Å². The number of fused-ring (bicyclic) bond motifs is 3. The molecule has 3 nitrogen and oxygen atoms in total. The van der Waals surface area contributed by atoms with Gasteiger partial charge in [-0.2, -0.15) is 0 Å². The van der Waals surface area contributed by atoms with Crippen molar-refractivity contribution in [3.8, 4) is 0 Å². The number of hydrogen-bond donors (Lipinski definition) is 1. The molecule has 1 N–H and O–H groups in total. The summed E-state index contributed by atoms with van der Waals surface area (Å²) in [6, 6.07) is 2.17. The lowest BCUT2D eigenvalue weighted by atomic mass is 10.1. The number of aliphatic hydroxyl groups is 1. The minimum Gasteiger partial charge on any atom is -0.369 e. The quantitative estimate of drug-likeness (QED) is 0.697. The molecule has 0 aromatic carbocycles. The second kappa shape index (κ2) is 3.14. The van der Waals surface area contributed by atoms with Crippen molar-refractivity contribution in [3.63, 3.8) is 0 Å². The molecule has 3 heterocycles. The summed E-state index contributed by atoms with van der Waals surface area (Å²) in [5.41, 5.74) is 3.65. The zero-order chi connectivity index (χ0) is 10.4. The normalized spacial score (nSPS) is 23.9. The van der Waals surface area contributed by atoms with E-state index in [0.29, 0.717) is 0 Å². The molecule has 0 bridgehead atoms. The van der Waals surface area contributed by atoms with E-state index in [1.807, 2.05) is 18.1 Å². The van der Waals surface area contributed by atoms with Crippen LogP contribution in [-0.4, -0.2) is 21.6 Å². The molecule has 15 heavy (non-hydrogen) atoms. The van der Waals surface area contributed by atoms with Crippen molar-refractivity contribution in [1.82, 2.24) is 9.47 Å². The molecular formula is C12H16N2O. The fourth-order valence-electron chi connectivity index (χ4n) is 2.57. The van der Waals surface area contributed by atoms with Crippen LogP contribution < -0.4 is 0 Å². The molecule has 0 amide bonds. The molecule has 0 aliphatic carbocycles. The van der Waals surface area contributed by atoms with Crippen LogP contribution in [0.2, 0.25) is 0 Å². The predicted octanol–water partition coefficient (Wildman–Crippen LogP) is 1.73. The number of hydrogen-bond acceptors (Lipinski definition) is 2. The lowest BCUT2D eigenvalue weighted by Gasteiger charge is -2.26. The van der Waals surface area contributed by atoms with Gasteiger partial charge in [0.15, 0.2) is 6.23 Å². The van der Waals surface area contributed by atoms with Gasteiger partial charge in [-0.05, 0) is 31.4 Å². The number of aromatic nitrogens is 1. The first kappa shape index (κ1) is 9.04. The van der Waals surface area contributed by atoms with E-state index in [-0.39, 0.29) is 0 Å². The molecule has 0 fully saturated rings. The summed E-state index contributed by atoms with van der Waals surface area (Å²) in [6.45, 7) is 1.10. The minimum absolute atomic E-state index is 0.469. The molecule has 1 atom stereocenters. The second-order valence-electron chi connectivity index (χ2n) is 4.44. The van der Waals surface area contributed by atoms with Crippen molar-refractivity contribution in [2.24, 2.45) is 0 Å². The largest absolute Gasteiger partial charge is 0.369 e. The van der Waals surface area contributed by atoms with Gasteiger partial charge in [-0.1, -0.05) is 0 Å². The second-order valence-corrected chi connectivity index (χ2v) is 4.44. The molecule has 0 saturated carbocycles. The van der Waals surface area contributed by atoms with Gasteiger partial charge >= 0.3 is 0 Å². The standard InChI is InChI=1S/C12H16N2O/c1-13-7-5-11-10(12(13)15)8-9-4-2-3-6-14(9)11/h5,7-8,12,15H,2-4,6H2,1H3. The Morgan fingerprint density at radius 1 is 1.40 bits per heavy atom. The molecule has 80 valence electrons. The van der Waals surface area contributed by atoms with Gasteiger partial charge in [-0.3, -0.25) is 0 Å². The summed E-state index contributed by atoms with van der Waals surface area (Å²) < 4.78 is 2.35. The summed E-state index contributed by atoms with van der Waals surface area (Å²) >= 11 is 0. The lowest BCUT2D eigenvalue weighted by Crippen LogP contribution is -2.22. The van der Waals surface area contributed by atoms with Gasteiger partial charge in [-0.25, -0.2) is 0 Å². The highest BCUT2D eigenvalue weighted by Crippen LogP contribution is 2.32. The topological polar surface area (TPSA) is 28.4 Å². The van der Waals surface area contributed by atoms with Crippen molar-refractivity contribution in [1.29, 1.82) is 0 Å². The SMILES string of the molecule is CN1C=Cc2c(cc3n2CCCC3)C1O. The zero-order valence-electron chi connectivity index (χ0n) is 8.98. The van der Waals surface area contributed by atoms with Crippen LogP contribution in [0.3, 0.4) is 0 Å². The Morgan fingerprint density at radius 3 is 3.13 bits per heavy atom. The van der Waals surface area contributed by atoms with E-state index in [9.17, 15) is 5.11 Å². The van der Waals surface area contributed by atoms with E-state index in [2.05, 4.69) is 16.7 Å². The molecule has 0 radical (unpaired) electrons. The van der Waals surface area contributed by atoms with Crippen LogP contribution in [0, 0.1) is 0 Å². The fraction of sp³-hybridized carbons (Fsp3) is 0.500. The highest BCUT2D eigenvalue weighted by molar-refractivity contribution is 5.55. The lowest BCUT2D eigenvalue weighted by molar-refractivity contribution is 0.0525. The number of aliphatic hydroxyl groups excluding tert-OH is 1. The first-order valence-electron chi connectivity index (χ1n) is 5.58. The van der Waals surface area contributed by atoms with E-state index in [1.54, 1.807) is 0 Å². The Morgan fingerprint density at radius 2 is 2.27 bits per heavy atom. The Bertz CT molecular complexity index is 420. The molecule has 1 aromatic heterocycles. The third kappa shape index (κ3) is 1.23. The molecule has 3 rings (SSSR count). The average molecular weight is 204 g/mol. The summed E-state index contributed by atoms with van der Waals surface area (Å²) in [6.07, 6.45) is 7.28. The smallest absolute Gasteiger partial charge is 0.154 e. The van der Waals surface area contributed by atoms with Crippen LogP contribution in [0.1, 0.15) is 36.0 Å². The van der Waals surface area contributed by atoms with Crippen molar-refractivity contribution in [2.75, 3.05) is 7.05 Å². The third-order valence-corrected chi connectivity index (χ3v) is 3.45.